The van der Waals surface area contributed by atoms with Crippen LogP contribution < -0.4 is 14.8 Å². The molecule has 8 heteroatoms. The summed E-state index contributed by atoms with van der Waals surface area (Å²) in [5.41, 5.74) is 1.26. The molecular weight excluding hydrogens is 376 g/mol. The number of esters is 1. The Labute approximate surface area is 168 Å². The van der Waals surface area contributed by atoms with E-state index < -0.39 is 18.0 Å². The molecule has 1 atom stereocenters. The summed E-state index contributed by atoms with van der Waals surface area (Å²) >= 11 is 0. The Kier molecular flexibility index (Phi) is 7.86. The van der Waals surface area contributed by atoms with Crippen LogP contribution in [0.5, 0.6) is 11.5 Å². The monoisotopic (exact) mass is 398 g/mol. The first-order valence-corrected chi connectivity index (χ1v) is 9.03. The first-order valence-electron chi connectivity index (χ1n) is 9.03. The van der Waals surface area contributed by atoms with Crippen molar-refractivity contribution in [3.8, 4) is 17.6 Å². The van der Waals surface area contributed by atoms with Crippen LogP contribution in [0.3, 0.4) is 0 Å². The molecule has 2 N–H and O–H groups in total. The second-order valence-corrected chi connectivity index (χ2v) is 5.83. The number of hydrogen-bond donors (Lipinski definition) is 2. The number of carboxylic acid groups (broad SMARTS) is 1. The third kappa shape index (κ3) is 6.14. The topological polar surface area (TPSA) is 118 Å². The van der Waals surface area contributed by atoms with E-state index >= 15 is 0 Å². The predicted octanol–water partition coefficient (Wildman–Crippen LogP) is 3.14. The Hall–Kier alpha value is -3.73. The van der Waals surface area contributed by atoms with Gasteiger partial charge in [0.15, 0.2) is 12.6 Å². The van der Waals surface area contributed by atoms with Gasteiger partial charge in [0.25, 0.3) is 0 Å². The molecular formula is C21H22N2O6. The SMILES string of the molecule is CCOC(=O)COc1ccc(OCC)cc1C(Nc1ccc(C#N)cc1)C(=O)O. The number of carbonyl (C=O) groups excluding carboxylic acids is 1. The quantitative estimate of drug-likeness (QED) is 0.586. The Morgan fingerprint density at radius 3 is 2.41 bits per heavy atom. The van der Waals surface area contributed by atoms with Gasteiger partial charge in [-0.1, -0.05) is 0 Å². The van der Waals surface area contributed by atoms with Gasteiger partial charge in [0.1, 0.15) is 11.5 Å². The maximum Gasteiger partial charge on any atom is 0.344 e. The van der Waals surface area contributed by atoms with Crippen molar-refractivity contribution < 1.29 is 28.9 Å². The van der Waals surface area contributed by atoms with Gasteiger partial charge in [-0.15, -0.1) is 0 Å². The van der Waals surface area contributed by atoms with Crippen LogP contribution >= 0.6 is 0 Å². The highest BCUT2D eigenvalue weighted by molar-refractivity contribution is 5.81. The molecule has 2 aromatic carbocycles. The number of nitriles is 1. The fraction of sp³-hybridized carbons (Fsp3) is 0.286. The van der Waals surface area contributed by atoms with Crippen molar-refractivity contribution in [2.45, 2.75) is 19.9 Å². The molecule has 0 heterocycles. The molecule has 0 fully saturated rings. The molecule has 0 saturated carbocycles. The zero-order chi connectivity index (χ0) is 21.2. The van der Waals surface area contributed by atoms with Gasteiger partial charge >= 0.3 is 11.9 Å². The summed E-state index contributed by atoms with van der Waals surface area (Å²) in [6.45, 7) is 3.77. The van der Waals surface area contributed by atoms with Crippen molar-refractivity contribution in [3.63, 3.8) is 0 Å². The van der Waals surface area contributed by atoms with Crippen LogP contribution in [0.1, 0.15) is 31.0 Å². The van der Waals surface area contributed by atoms with E-state index in [1.54, 1.807) is 49.4 Å². The number of carboxylic acids is 1. The number of rotatable bonds is 10. The summed E-state index contributed by atoms with van der Waals surface area (Å²) in [6, 6.07) is 11.9. The zero-order valence-electron chi connectivity index (χ0n) is 16.2. The zero-order valence-corrected chi connectivity index (χ0v) is 16.2. The average molecular weight is 398 g/mol. The van der Waals surface area contributed by atoms with Gasteiger partial charge < -0.3 is 24.6 Å². The van der Waals surface area contributed by atoms with Gasteiger partial charge in [-0.25, -0.2) is 9.59 Å². The molecule has 0 amide bonds. The molecule has 8 nitrogen and oxygen atoms in total. The van der Waals surface area contributed by atoms with Gasteiger partial charge in [-0.2, -0.15) is 5.26 Å². The summed E-state index contributed by atoms with van der Waals surface area (Å²) in [5, 5.41) is 21.6. The minimum atomic E-state index is -1.18. The van der Waals surface area contributed by atoms with E-state index in [0.29, 0.717) is 23.6 Å². The van der Waals surface area contributed by atoms with Crippen molar-refractivity contribution in [1.29, 1.82) is 5.26 Å². The maximum atomic E-state index is 12.0. The number of hydrogen-bond acceptors (Lipinski definition) is 7. The van der Waals surface area contributed by atoms with Crippen LogP contribution in [0.2, 0.25) is 0 Å². The molecule has 1 unspecified atom stereocenters. The fourth-order valence-corrected chi connectivity index (χ4v) is 2.56. The summed E-state index contributed by atoms with van der Waals surface area (Å²) in [4.78, 5) is 23.6. The predicted molar refractivity (Wildman–Crippen MR) is 105 cm³/mol. The van der Waals surface area contributed by atoms with Crippen LogP contribution in [0.15, 0.2) is 42.5 Å². The standard InChI is InChI=1S/C21H22N2O6/c1-3-27-16-9-10-18(29-13-19(24)28-4-2)17(11-16)20(21(25)26)23-15-7-5-14(12-22)6-8-15/h5-11,20,23H,3-4,13H2,1-2H3,(H,25,26). The molecule has 0 spiro atoms. The fourth-order valence-electron chi connectivity index (χ4n) is 2.56. The molecule has 0 radical (unpaired) electrons. The highest BCUT2D eigenvalue weighted by Crippen LogP contribution is 2.32. The van der Waals surface area contributed by atoms with Gasteiger partial charge in [0, 0.05) is 11.3 Å². The summed E-state index contributed by atoms with van der Waals surface area (Å²) in [7, 11) is 0. The summed E-state index contributed by atoms with van der Waals surface area (Å²) < 4.78 is 15.8. The molecule has 0 aliphatic heterocycles. The van der Waals surface area contributed by atoms with Crippen LogP contribution in [0.4, 0.5) is 5.69 Å². The van der Waals surface area contributed by atoms with E-state index in [4.69, 9.17) is 19.5 Å². The van der Waals surface area contributed by atoms with Crippen LogP contribution in [0, 0.1) is 11.3 Å². The van der Waals surface area contributed by atoms with Gasteiger partial charge in [0.05, 0.1) is 24.8 Å². The highest BCUT2D eigenvalue weighted by Gasteiger charge is 2.25. The van der Waals surface area contributed by atoms with Crippen LogP contribution in [-0.2, 0) is 14.3 Å². The van der Waals surface area contributed by atoms with Gasteiger partial charge in [-0.3, -0.25) is 0 Å². The lowest BCUT2D eigenvalue weighted by atomic mass is 10.0. The lowest BCUT2D eigenvalue weighted by Crippen LogP contribution is -2.22. The van der Waals surface area contributed by atoms with Crippen LogP contribution in [-0.4, -0.2) is 36.9 Å². The third-order valence-electron chi connectivity index (χ3n) is 3.83. The molecule has 29 heavy (non-hydrogen) atoms. The van der Waals surface area contributed by atoms with E-state index in [2.05, 4.69) is 5.32 Å². The second-order valence-electron chi connectivity index (χ2n) is 5.83. The Bertz CT molecular complexity index is 889. The normalized spacial score (nSPS) is 11.1. The summed E-state index contributed by atoms with van der Waals surface area (Å²) in [5.74, 6) is -1.02. The number of anilines is 1. The number of benzene rings is 2. The molecule has 0 aromatic heterocycles. The lowest BCUT2D eigenvalue weighted by molar-refractivity contribution is -0.145. The lowest BCUT2D eigenvalue weighted by Gasteiger charge is -2.20. The Balaban J connectivity index is 2.35. The van der Waals surface area contributed by atoms with Crippen molar-refractivity contribution in [1.82, 2.24) is 0 Å². The molecule has 0 saturated heterocycles. The molecule has 0 bridgehead atoms. The number of nitrogens with zero attached hydrogens (tertiary/aromatic N) is 1. The first kappa shape index (κ1) is 21.6. The Morgan fingerprint density at radius 2 is 1.83 bits per heavy atom. The summed E-state index contributed by atoms with van der Waals surface area (Å²) in [6.07, 6.45) is 0. The van der Waals surface area contributed by atoms with Crippen molar-refractivity contribution in [2.24, 2.45) is 0 Å². The highest BCUT2D eigenvalue weighted by atomic mass is 16.6. The van der Waals surface area contributed by atoms with E-state index in [-0.39, 0.29) is 24.5 Å². The van der Waals surface area contributed by atoms with Crippen LogP contribution in [0.25, 0.3) is 0 Å². The third-order valence-corrected chi connectivity index (χ3v) is 3.83. The number of ether oxygens (including phenoxy) is 3. The van der Waals surface area contributed by atoms with E-state index in [1.165, 1.54) is 0 Å². The first-order chi connectivity index (χ1) is 14.0. The maximum absolute atomic E-state index is 12.0. The molecule has 152 valence electrons. The average Bonchev–Trinajstić information content (AvgIpc) is 2.71. The van der Waals surface area contributed by atoms with Crippen molar-refractivity contribution >= 4 is 17.6 Å². The smallest absolute Gasteiger partial charge is 0.344 e. The molecule has 0 aliphatic carbocycles. The van der Waals surface area contributed by atoms with Gasteiger partial charge in [-0.05, 0) is 56.3 Å². The van der Waals surface area contributed by atoms with Crippen molar-refractivity contribution in [3.05, 3.63) is 53.6 Å². The minimum Gasteiger partial charge on any atom is -0.494 e. The van der Waals surface area contributed by atoms with E-state index in [0.717, 1.165) is 0 Å². The molecule has 2 rings (SSSR count). The minimum absolute atomic E-state index is 0.218. The molecule has 0 aliphatic rings. The number of nitrogens with one attached hydrogen (secondary N) is 1. The second kappa shape index (κ2) is 10.6. The van der Waals surface area contributed by atoms with E-state index in [9.17, 15) is 14.7 Å². The number of carbonyl (C=O) groups is 2. The van der Waals surface area contributed by atoms with Crippen molar-refractivity contribution in [2.75, 3.05) is 25.1 Å². The Morgan fingerprint density at radius 1 is 1.10 bits per heavy atom. The number of aliphatic carboxylic acids is 1. The van der Waals surface area contributed by atoms with Gasteiger partial charge in [0.2, 0.25) is 0 Å². The largest absolute Gasteiger partial charge is 0.494 e. The van der Waals surface area contributed by atoms with E-state index in [1.807, 2.05) is 13.0 Å². The molecule has 2 aromatic rings.